The number of nitrogens with zero attached hydrogens (tertiary/aromatic N) is 1. The van der Waals surface area contributed by atoms with Gasteiger partial charge in [0.1, 0.15) is 11.4 Å². The van der Waals surface area contributed by atoms with Crippen molar-refractivity contribution in [2.75, 3.05) is 13.7 Å². The number of hydrogen-bond donors (Lipinski definition) is 0. The zero-order valence-electron chi connectivity index (χ0n) is 10.9. The third-order valence-corrected chi connectivity index (χ3v) is 2.67. The molecule has 1 heterocycles. The molecule has 0 N–H and O–H groups in total. The van der Waals surface area contributed by atoms with E-state index in [2.05, 4.69) is 4.98 Å². The highest BCUT2D eigenvalue weighted by molar-refractivity contribution is 5.87. The Morgan fingerprint density at radius 1 is 1.21 bits per heavy atom. The van der Waals surface area contributed by atoms with Gasteiger partial charge in [-0.05, 0) is 19.1 Å². The molecule has 0 unspecified atom stereocenters. The second kappa shape index (κ2) is 6.00. The van der Waals surface area contributed by atoms with Crippen LogP contribution >= 0.6 is 0 Å². The number of hydrogen-bond acceptors (Lipinski definition) is 4. The number of ether oxygens (including phenoxy) is 2. The molecule has 0 saturated carbocycles. The lowest BCUT2D eigenvalue weighted by molar-refractivity contribution is 0.0519. The lowest BCUT2D eigenvalue weighted by Crippen LogP contribution is -2.06. The number of rotatable bonds is 4. The van der Waals surface area contributed by atoms with E-state index in [-0.39, 0.29) is 0 Å². The first-order valence-corrected chi connectivity index (χ1v) is 6.02. The quantitative estimate of drug-likeness (QED) is 0.790. The standard InChI is InChI=1S/C15H15NO3/c1-3-19-15(17)13-9-8-11(10-16-13)12-6-4-5-7-14(12)18-2/h4-10H,3H2,1-2H3. The lowest BCUT2D eigenvalue weighted by atomic mass is 10.1. The smallest absolute Gasteiger partial charge is 0.356 e. The topological polar surface area (TPSA) is 48.4 Å². The van der Waals surface area contributed by atoms with Crippen LogP contribution in [0.3, 0.4) is 0 Å². The molecule has 98 valence electrons. The maximum Gasteiger partial charge on any atom is 0.356 e. The number of carbonyl (C=O) groups is 1. The van der Waals surface area contributed by atoms with Gasteiger partial charge in [-0.25, -0.2) is 9.78 Å². The average Bonchev–Trinajstić information content (AvgIpc) is 2.47. The van der Waals surface area contributed by atoms with Crippen molar-refractivity contribution in [1.29, 1.82) is 0 Å². The van der Waals surface area contributed by atoms with Gasteiger partial charge in [0, 0.05) is 17.3 Å². The minimum absolute atomic E-state index is 0.306. The lowest BCUT2D eigenvalue weighted by Gasteiger charge is -2.08. The van der Waals surface area contributed by atoms with Crippen LogP contribution in [0.2, 0.25) is 0 Å². The van der Waals surface area contributed by atoms with Gasteiger partial charge in [-0.3, -0.25) is 0 Å². The maximum atomic E-state index is 11.5. The van der Waals surface area contributed by atoms with Crippen LogP contribution in [-0.2, 0) is 4.74 Å². The van der Waals surface area contributed by atoms with E-state index in [1.807, 2.05) is 30.3 Å². The molecule has 0 aliphatic rings. The van der Waals surface area contributed by atoms with Crippen molar-refractivity contribution >= 4 is 5.97 Å². The second-order valence-corrected chi connectivity index (χ2v) is 3.85. The summed E-state index contributed by atoms with van der Waals surface area (Å²) in [5.41, 5.74) is 2.14. The van der Waals surface area contributed by atoms with Crippen LogP contribution in [0.1, 0.15) is 17.4 Å². The van der Waals surface area contributed by atoms with Gasteiger partial charge in [-0.1, -0.05) is 24.3 Å². The number of para-hydroxylation sites is 1. The van der Waals surface area contributed by atoms with E-state index < -0.39 is 5.97 Å². The highest BCUT2D eigenvalue weighted by atomic mass is 16.5. The van der Waals surface area contributed by atoms with Crippen LogP contribution in [0.4, 0.5) is 0 Å². The number of methoxy groups -OCH3 is 1. The number of aromatic nitrogens is 1. The maximum absolute atomic E-state index is 11.5. The van der Waals surface area contributed by atoms with Crippen LogP contribution in [0.25, 0.3) is 11.1 Å². The first kappa shape index (κ1) is 13.1. The number of carbonyl (C=O) groups excluding carboxylic acids is 1. The van der Waals surface area contributed by atoms with E-state index >= 15 is 0 Å². The molecule has 0 bridgehead atoms. The molecule has 2 aromatic rings. The largest absolute Gasteiger partial charge is 0.496 e. The van der Waals surface area contributed by atoms with Crippen LogP contribution < -0.4 is 4.74 Å². The molecule has 0 atom stereocenters. The first-order valence-electron chi connectivity index (χ1n) is 6.02. The van der Waals surface area contributed by atoms with Gasteiger partial charge in [0.2, 0.25) is 0 Å². The molecule has 0 saturated heterocycles. The SMILES string of the molecule is CCOC(=O)c1ccc(-c2ccccc2OC)cn1. The molecular weight excluding hydrogens is 242 g/mol. The minimum Gasteiger partial charge on any atom is -0.496 e. The van der Waals surface area contributed by atoms with Crippen molar-refractivity contribution in [3.8, 4) is 16.9 Å². The van der Waals surface area contributed by atoms with Gasteiger partial charge in [0.15, 0.2) is 0 Å². The number of pyridine rings is 1. The molecule has 0 radical (unpaired) electrons. The first-order chi connectivity index (χ1) is 9.26. The fraction of sp³-hybridized carbons (Fsp3) is 0.200. The summed E-state index contributed by atoms with van der Waals surface area (Å²) >= 11 is 0. The molecule has 0 spiro atoms. The summed E-state index contributed by atoms with van der Waals surface area (Å²) in [6.45, 7) is 2.11. The van der Waals surface area contributed by atoms with Crippen molar-refractivity contribution in [2.45, 2.75) is 6.92 Å². The molecule has 2 rings (SSSR count). The Labute approximate surface area is 112 Å². The molecule has 0 aliphatic carbocycles. The summed E-state index contributed by atoms with van der Waals surface area (Å²) in [6.07, 6.45) is 1.64. The number of benzene rings is 1. The summed E-state index contributed by atoms with van der Waals surface area (Å²) in [5, 5.41) is 0. The van der Waals surface area contributed by atoms with Gasteiger partial charge in [-0.15, -0.1) is 0 Å². The summed E-state index contributed by atoms with van der Waals surface area (Å²) in [4.78, 5) is 15.6. The van der Waals surface area contributed by atoms with Crippen molar-refractivity contribution in [2.24, 2.45) is 0 Å². The van der Waals surface area contributed by atoms with Crippen LogP contribution in [0.15, 0.2) is 42.6 Å². The molecule has 0 fully saturated rings. The van der Waals surface area contributed by atoms with Gasteiger partial charge in [0.05, 0.1) is 13.7 Å². The van der Waals surface area contributed by atoms with Crippen molar-refractivity contribution in [3.63, 3.8) is 0 Å². The molecule has 19 heavy (non-hydrogen) atoms. The fourth-order valence-corrected chi connectivity index (χ4v) is 1.76. The van der Waals surface area contributed by atoms with Gasteiger partial charge in [0.25, 0.3) is 0 Å². The van der Waals surface area contributed by atoms with E-state index in [0.717, 1.165) is 16.9 Å². The van der Waals surface area contributed by atoms with Gasteiger partial charge < -0.3 is 9.47 Å². The van der Waals surface area contributed by atoms with Crippen molar-refractivity contribution < 1.29 is 14.3 Å². The summed E-state index contributed by atoms with van der Waals surface area (Å²) in [6, 6.07) is 11.1. The third-order valence-electron chi connectivity index (χ3n) is 2.67. The van der Waals surface area contributed by atoms with E-state index in [4.69, 9.17) is 9.47 Å². The number of esters is 1. The van der Waals surface area contributed by atoms with Crippen LogP contribution in [-0.4, -0.2) is 24.7 Å². The monoisotopic (exact) mass is 257 g/mol. The molecule has 0 amide bonds. The van der Waals surface area contributed by atoms with E-state index in [0.29, 0.717) is 12.3 Å². The molecule has 0 aliphatic heterocycles. The second-order valence-electron chi connectivity index (χ2n) is 3.85. The van der Waals surface area contributed by atoms with Crippen LogP contribution in [0, 0.1) is 0 Å². The Bertz CT molecular complexity index is 564. The minimum atomic E-state index is -0.408. The van der Waals surface area contributed by atoms with Crippen LogP contribution in [0.5, 0.6) is 5.75 Å². The van der Waals surface area contributed by atoms with Gasteiger partial charge in [-0.2, -0.15) is 0 Å². The molecule has 4 heteroatoms. The Hall–Kier alpha value is -2.36. The Balaban J connectivity index is 2.30. The van der Waals surface area contributed by atoms with E-state index in [1.54, 1.807) is 26.3 Å². The third kappa shape index (κ3) is 2.91. The molecule has 4 nitrogen and oxygen atoms in total. The summed E-state index contributed by atoms with van der Waals surface area (Å²) in [7, 11) is 1.62. The average molecular weight is 257 g/mol. The normalized spacial score (nSPS) is 10.0. The fourth-order valence-electron chi connectivity index (χ4n) is 1.76. The predicted molar refractivity (Wildman–Crippen MR) is 72.2 cm³/mol. The molecular formula is C15H15NO3. The zero-order valence-corrected chi connectivity index (χ0v) is 10.9. The highest BCUT2D eigenvalue weighted by Crippen LogP contribution is 2.28. The van der Waals surface area contributed by atoms with Gasteiger partial charge >= 0.3 is 5.97 Å². The summed E-state index contributed by atoms with van der Waals surface area (Å²) < 4.78 is 10.2. The summed E-state index contributed by atoms with van der Waals surface area (Å²) in [5.74, 6) is 0.363. The van der Waals surface area contributed by atoms with Crippen molar-refractivity contribution in [3.05, 3.63) is 48.3 Å². The highest BCUT2D eigenvalue weighted by Gasteiger charge is 2.09. The molecule has 1 aromatic heterocycles. The van der Waals surface area contributed by atoms with E-state index in [9.17, 15) is 4.79 Å². The Kier molecular flexibility index (Phi) is 4.13. The van der Waals surface area contributed by atoms with E-state index in [1.165, 1.54) is 0 Å². The predicted octanol–water partition coefficient (Wildman–Crippen LogP) is 2.93. The zero-order chi connectivity index (χ0) is 13.7. The Morgan fingerprint density at radius 3 is 2.63 bits per heavy atom. The Morgan fingerprint density at radius 2 is 2.00 bits per heavy atom. The molecule has 1 aromatic carbocycles. The van der Waals surface area contributed by atoms with Crippen molar-refractivity contribution in [1.82, 2.24) is 4.98 Å².